The Balaban J connectivity index is 1.48. The van der Waals surface area contributed by atoms with E-state index < -0.39 is 0 Å². The van der Waals surface area contributed by atoms with Crippen LogP contribution in [0.3, 0.4) is 0 Å². The average Bonchev–Trinajstić information content (AvgIpc) is 3.42. The fraction of sp³-hybridized carbons (Fsp3) is 0.0556. The third-order valence-electron chi connectivity index (χ3n) is 4.25. The summed E-state index contributed by atoms with van der Waals surface area (Å²) in [5, 5.41) is 14.0. The van der Waals surface area contributed by atoms with Gasteiger partial charge in [-0.25, -0.2) is 14.4 Å². The van der Waals surface area contributed by atoms with E-state index in [1.54, 1.807) is 12.3 Å². The van der Waals surface area contributed by atoms with Crippen molar-refractivity contribution in [1.82, 2.24) is 40.1 Å². The van der Waals surface area contributed by atoms with Gasteiger partial charge in [0.05, 0.1) is 17.6 Å². The van der Waals surface area contributed by atoms with Crippen molar-refractivity contribution in [2.45, 2.75) is 6.54 Å². The number of rotatable bonds is 4. The summed E-state index contributed by atoms with van der Waals surface area (Å²) >= 11 is 0. The van der Waals surface area contributed by atoms with Crippen LogP contribution in [0.25, 0.3) is 33.8 Å². The minimum Gasteiger partial charge on any atom is -0.340 e. The molecule has 5 rings (SSSR count). The second-order valence-electron chi connectivity index (χ2n) is 6.04. The van der Waals surface area contributed by atoms with Crippen molar-refractivity contribution in [2.24, 2.45) is 0 Å². The zero-order valence-corrected chi connectivity index (χ0v) is 14.0. The largest absolute Gasteiger partial charge is 0.340 e. The van der Waals surface area contributed by atoms with Crippen LogP contribution in [0.1, 0.15) is 5.82 Å². The first-order valence-electron chi connectivity index (χ1n) is 8.26. The van der Waals surface area contributed by atoms with E-state index in [1.165, 1.54) is 12.1 Å². The van der Waals surface area contributed by atoms with Crippen molar-refractivity contribution in [2.75, 3.05) is 0 Å². The molecule has 0 aliphatic heterocycles. The topological polar surface area (TPSA) is 101 Å². The Morgan fingerprint density at radius 3 is 2.89 bits per heavy atom. The predicted molar refractivity (Wildman–Crippen MR) is 96.0 cm³/mol. The lowest BCUT2D eigenvalue weighted by atomic mass is 10.2. The van der Waals surface area contributed by atoms with Crippen LogP contribution in [0.15, 0.2) is 54.9 Å². The molecule has 9 heteroatoms. The van der Waals surface area contributed by atoms with Crippen LogP contribution in [0.5, 0.6) is 0 Å². The monoisotopic (exact) mass is 360 g/mol. The minimum atomic E-state index is -0.292. The molecule has 0 radical (unpaired) electrons. The van der Waals surface area contributed by atoms with Gasteiger partial charge in [0.1, 0.15) is 17.5 Å². The standard InChI is InChI=1S/C18H13FN8/c19-13-3-1-2-12(8-13)18-20-6-7-27(18)10-16-21-14-5-4-11(9-15(14)22-16)17-23-25-26-24-17/h1-9H,10H2,(H,21,22)(H,23,24,25,26). The van der Waals surface area contributed by atoms with E-state index in [0.717, 1.165) is 28.0 Å². The Kier molecular flexibility index (Phi) is 3.49. The Morgan fingerprint density at radius 2 is 2.04 bits per heavy atom. The van der Waals surface area contributed by atoms with Crippen molar-refractivity contribution in [3.05, 3.63) is 66.5 Å². The number of fused-ring (bicyclic) bond motifs is 1. The van der Waals surface area contributed by atoms with Gasteiger partial charge in [-0.2, -0.15) is 5.21 Å². The maximum absolute atomic E-state index is 13.5. The molecule has 3 aromatic heterocycles. The molecule has 5 aromatic rings. The van der Waals surface area contributed by atoms with Gasteiger partial charge in [-0.05, 0) is 35.5 Å². The molecule has 0 unspecified atom stereocenters. The molecule has 0 amide bonds. The van der Waals surface area contributed by atoms with Crippen molar-refractivity contribution in [3.63, 3.8) is 0 Å². The number of aromatic amines is 2. The molecule has 27 heavy (non-hydrogen) atoms. The average molecular weight is 360 g/mol. The molecule has 0 atom stereocenters. The molecule has 0 aliphatic carbocycles. The maximum atomic E-state index is 13.5. The number of hydrogen-bond acceptors (Lipinski definition) is 5. The summed E-state index contributed by atoms with van der Waals surface area (Å²) in [4.78, 5) is 12.3. The minimum absolute atomic E-state index is 0.292. The molecule has 2 N–H and O–H groups in total. The number of tetrazole rings is 1. The van der Waals surface area contributed by atoms with E-state index >= 15 is 0 Å². The zero-order chi connectivity index (χ0) is 18.2. The highest BCUT2D eigenvalue weighted by atomic mass is 19.1. The first kappa shape index (κ1) is 15.4. The first-order chi connectivity index (χ1) is 13.3. The third kappa shape index (κ3) is 2.84. The maximum Gasteiger partial charge on any atom is 0.204 e. The van der Waals surface area contributed by atoms with Gasteiger partial charge in [0, 0.05) is 23.5 Å². The Labute approximate surface area is 152 Å². The molecule has 2 aromatic carbocycles. The highest BCUT2D eigenvalue weighted by molar-refractivity contribution is 5.80. The Hall–Kier alpha value is -3.88. The quantitative estimate of drug-likeness (QED) is 0.513. The number of aromatic nitrogens is 8. The summed E-state index contributed by atoms with van der Waals surface area (Å²) in [5.74, 6) is 1.68. The van der Waals surface area contributed by atoms with E-state index in [0.29, 0.717) is 18.2 Å². The fourth-order valence-electron chi connectivity index (χ4n) is 3.04. The molecule has 0 bridgehead atoms. The summed E-state index contributed by atoms with van der Waals surface area (Å²) < 4.78 is 15.5. The summed E-state index contributed by atoms with van der Waals surface area (Å²) in [7, 11) is 0. The summed E-state index contributed by atoms with van der Waals surface area (Å²) in [6.07, 6.45) is 3.54. The number of halogens is 1. The Bertz CT molecular complexity index is 1220. The van der Waals surface area contributed by atoms with Gasteiger partial charge in [0.25, 0.3) is 0 Å². The van der Waals surface area contributed by atoms with Crippen molar-refractivity contribution in [3.8, 4) is 22.8 Å². The smallest absolute Gasteiger partial charge is 0.204 e. The number of benzene rings is 2. The first-order valence-corrected chi connectivity index (χ1v) is 8.26. The normalized spacial score (nSPS) is 11.3. The molecular formula is C18H13FN8. The van der Waals surface area contributed by atoms with Crippen LogP contribution in [0, 0.1) is 5.82 Å². The molecule has 132 valence electrons. The van der Waals surface area contributed by atoms with Crippen LogP contribution < -0.4 is 0 Å². The summed E-state index contributed by atoms with van der Waals surface area (Å²) in [5.41, 5.74) is 3.26. The van der Waals surface area contributed by atoms with Gasteiger partial charge in [-0.1, -0.05) is 12.1 Å². The van der Waals surface area contributed by atoms with Crippen LogP contribution in [0.2, 0.25) is 0 Å². The summed E-state index contributed by atoms with van der Waals surface area (Å²) in [6, 6.07) is 12.1. The van der Waals surface area contributed by atoms with E-state index in [2.05, 4.69) is 35.6 Å². The van der Waals surface area contributed by atoms with Crippen LogP contribution in [-0.4, -0.2) is 40.1 Å². The molecule has 0 saturated heterocycles. The SMILES string of the molecule is Fc1cccc(-c2nccn2Cc2nc3cc(-c4nn[nH]n4)ccc3[nH]2)c1. The highest BCUT2D eigenvalue weighted by Crippen LogP contribution is 2.22. The summed E-state index contributed by atoms with van der Waals surface area (Å²) in [6.45, 7) is 0.484. The van der Waals surface area contributed by atoms with Gasteiger partial charge in [0.15, 0.2) is 0 Å². The number of nitrogens with one attached hydrogen (secondary N) is 2. The molecule has 8 nitrogen and oxygen atoms in total. The molecule has 0 aliphatic rings. The highest BCUT2D eigenvalue weighted by Gasteiger charge is 2.11. The van der Waals surface area contributed by atoms with E-state index in [9.17, 15) is 4.39 Å². The molecular weight excluding hydrogens is 347 g/mol. The number of imidazole rings is 2. The van der Waals surface area contributed by atoms with Crippen molar-refractivity contribution in [1.29, 1.82) is 0 Å². The van der Waals surface area contributed by atoms with Gasteiger partial charge in [-0.15, -0.1) is 10.2 Å². The molecule has 0 saturated carbocycles. The lowest BCUT2D eigenvalue weighted by Gasteiger charge is -2.06. The lowest BCUT2D eigenvalue weighted by molar-refractivity contribution is 0.628. The fourth-order valence-corrected chi connectivity index (χ4v) is 3.04. The molecule has 0 spiro atoms. The lowest BCUT2D eigenvalue weighted by Crippen LogP contribution is -2.02. The van der Waals surface area contributed by atoms with Crippen LogP contribution in [-0.2, 0) is 6.54 Å². The zero-order valence-electron chi connectivity index (χ0n) is 14.0. The number of nitrogens with zero attached hydrogens (tertiary/aromatic N) is 6. The number of hydrogen-bond donors (Lipinski definition) is 2. The predicted octanol–water partition coefficient (Wildman–Crippen LogP) is 2.79. The van der Waals surface area contributed by atoms with E-state index in [4.69, 9.17) is 0 Å². The van der Waals surface area contributed by atoms with Crippen molar-refractivity contribution >= 4 is 11.0 Å². The second-order valence-corrected chi connectivity index (χ2v) is 6.04. The van der Waals surface area contributed by atoms with Crippen LogP contribution in [0.4, 0.5) is 4.39 Å². The van der Waals surface area contributed by atoms with Gasteiger partial charge in [-0.3, -0.25) is 0 Å². The Morgan fingerprint density at radius 1 is 1.07 bits per heavy atom. The van der Waals surface area contributed by atoms with Gasteiger partial charge in [0.2, 0.25) is 5.82 Å². The number of H-pyrrole nitrogens is 2. The van der Waals surface area contributed by atoms with Gasteiger partial charge < -0.3 is 9.55 Å². The molecule has 3 heterocycles. The van der Waals surface area contributed by atoms with Crippen molar-refractivity contribution < 1.29 is 4.39 Å². The van der Waals surface area contributed by atoms with E-state index in [1.807, 2.05) is 35.0 Å². The van der Waals surface area contributed by atoms with Gasteiger partial charge >= 0.3 is 0 Å². The van der Waals surface area contributed by atoms with E-state index in [-0.39, 0.29) is 5.82 Å². The third-order valence-corrected chi connectivity index (χ3v) is 4.25. The second kappa shape index (κ2) is 6.13. The molecule has 0 fully saturated rings. The van der Waals surface area contributed by atoms with Crippen LogP contribution >= 0.6 is 0 Å².